The van der Waals surface area contributed by atoms with Crippen LogP contribution in [0, 0.1) is 5.82 Å². The molecule has 0 aromatic heterocycles. The van der Waals surface area contributed by atoms with E-state index in [1.54, 1.807) is 30.3 Å². The Labute approximate surface area is 153 Å². The van der Waals surface area contributed by atoms with Gasteiger partial charge in [-0.1, -0.05) is 59.8 Å². The van der Waals surface area contributed by atoms with Crippen molar-refractivity contribution in [3.05, 3.63) is 69.8 Å². The molecule has 1 N–H and O–H groups in total. The van der Waals surface area contributed by atoms with Gasteiger partial charge in [-0.3, -0.25) is 9.69 Å². The third kappa shape index (κ3) is 3.77. The summed E-state index contributed by atoms with van der Waals surface area (Å²) in [6.07, 6.45) is 1.52. The smallest absolute Gasteiger partial charge is 0.267 e. The molecule has 0 bridgehead atoms. The molecule has 0 saturated carbocycles. The van der Waals surface area contributed by atoms with Gasteiger partial charge in [0, 0.05) is 16.3 Å². The number of anilines is 1. The van der Waals surface area contributed by atoms with Crippen LogP contribution in [0.3, 0.4) is 0 Å². The first-order valence-corrected chi connectivity index (χ1v) is 8.64. The van der Waals surface area contributed by atoms with E-state index in [0.29, 0.717) is 19.8 Å². The van der Waals surface area contributed by atoms with E-state index in [-0.39, 0.29) is 18.4 Å². The molecule has 1 heterocycles. The van der Waals surface area contributed by atoms with Gasteiger partial charge in [0.05, 0.1) is 11.6 Å². The minimum absolute atomic E-state index is 0.222. The minimum Gasteiger partial charge on any atom is -0.367 e. The molecule has 1 saturated heterocycles. The van der Waals surface area contributed by atoms with E-state index in [0.717, 1.165) is 17.4 Å². The molecule has 122 valence electrons. The second-order valence-corrected chi connectivity index (χ2v) is 7.09. The maximum atomic E-state index is 13.7. The summed E-state index contributed by atoms with van der Waals surface area (Å²) in [6.45, 7) is 0.222. The molecule has 7 heteroatoms. The average Bonchev–Trinajstić information content (AvgIpc) is 2.82. The predicted molar refractivity (Wildman–Crippen MR) is 101 cm³/mol. The standard InChI is InChI=1S/C17H12ClFN2OS2/c18-12-5-3-6-13(9-12)20-10-21-16(22)15(24-17(21)23)8-11-4-1-2-7-14(11)19/h1-9,20H,10H2. The number of hydrogen-bond acceptors (Lipinski definition) is 4. The number of carbonyl (C=O) groups excluding carboxylic acids is 1. The molecule has 0 radical (unpaired) electrons. The number of thioether (sulfide) groups is 1. The van der Waals surface area contributed by atoms with Gasteiger partial charge in [0.15, 0.2) is 0 Å². The van der Waals surface area contributed by atoms with Gasteiger partial charge in [0.2, 0.25) is 0 Å². The fourth-order valence-electron chi connectivity index (χ4n) is 2.14. The van der Waals surface area contributed by atoms with E-state index in [9.17, 15) is 9.18 Å². The molecule has 3 nitrogen and oxygen atoms in total. The number of benzene rings is 2. The number of amides is 1. The molecule has 1 aliphatic rings. The van der Waals surface area contributed by atoms with Crippen LogP contribution in [0.25, 0.3) is 6.08 Å². The number of hydrogen-bond donors (Lipinski definition) is 1. The van der Waals surface area contributed by atoms with E-state index >= 15 is 0 Å². The number of rotatable bonds is 4. The Hall–Kier alpha value is -1.89. The van der Waals surface area contributed by atoms with Crippen molar-refractivity contribution in [2.24, 2.45) is 0 Å². The molecular formula is C17H12ClFN2OS2. The summed E-state index contributed by atoms with van der Waals surface area (Å²) in [5.41, 5.74) is 1.15. The molecule has 24 heavy (non-hydrogen) atoms. The molecule has 3 rings (SSSR count). The molecule has 2 aromatic carbocycles. The van der Waals surface area contributed by atoms with Crippen molar-refractivity contribution in [3.63, 3.8) is 0 Å². The summed E-state index contributed by atoms with van der Waals surface area (Å²) >= 11 is 12.3. The van der Waals surface area contributed by atoms with Gasteiger partial charge in [0.25, 0.3) is 5.91 Å². The van der Waals surface area contributed by atoms with Crippen LogP contribution >= 0.6 is 35.6 Å². The third-order valence-electron chi connectivity index (χ3n) is 3.33. The number of halogens is 2. The zero-order valence-corrected chi connectivity index (χ0v) is 14.7. The van der Waals surface area contributed by atoms with Crippen molar-refractivity contribution in [2.75, 3.05) is 12.0 Å². The normalized spacial score (nSPS) is 16.1. The Kier molecular flexibility index (Phi) is 5.18. The van der Waals surface area contributed by atoms with Gasteiger partial charge >= 0.3 is 0 Å². The summed E-state index contributed by atoms with van der Waals surface area (Å²) in [5.74, 6) is -0.623. The minimum atomic E-state index is -0.375. The predicted octanol–water partition coefficient (Wildman–Crippen LogP) is 4.75. The first-order valence-electron chi connectivity index (χ1n) is 7.04. The molecular weight excluding hydrogens is 367 g/mol. The van der Waals surface area contributed by atoms with Gasteiger partial charge in [-0.2, -0.15) is 0 Å². The highest BCUT2D eigenvalue weighted by molar-refractivity contribution is 8.26. The van der Waals surface area contributed by atoms with E-state index in [1.807, 2.05) is 12.1 Å². The summed E-state index contributed by atoms with van der Waals surface area (Å²) in [6, 6.07) is 13.5. The average molecular weight is 379 g/mol. The zero-order valence-electron chi connectivity index (χ0n) is 12.3. The number of thiocarbonyl (C=S) groups is 1. The van der Waals surface area contributed by atoms with Gasteiger partial charge in [0.1, 0.15) is 10.1 Å². The molecule has 0 aliphatic carbocycles. The second kappa shape index (κ2) is 7.34. The van der Waals surface area contributed by atoms with Crippen LogP contribution in [0.2, 0.25) is 5.02 Å². The van der Waals surface area contributed by atoms with Crippen molar-refractivity contribution in [1.29, 1.82) is 0 Å². The first kappa shape index (κ1) is 17.0. The third-order valence-corrected chi connectivity index (χ3v) is 4.94. The molecule has 0 atom stereocenters. The van der Waals surface area contributed by atoms with Crippen LogP contribution in [-0.2, 0) is 4.79 Å². The lowest BCUT2D eigenvalue weighted by atomic mass is 10.2. The number of carbonyl (C=O) groups is 1. The van der Waals surface area contributed by atoms with Crippen LogP contribution in [0.5, 0.6) is 0 Å². The van der Waals surface area contributed by atoms with E-state index in [4.69, 9.17) is 23.8 Å². The van der Waals surface area contributed by atoms with E-state index < -0.39 is 0 Å². The maximum Gasteiger partial charge on any atom is 0.267 e. The maximum absolute atomic E-state index is 13.7. The van der Waals surface area contributed by atoms with Crippen molar-refractivity contribution < 1.29 is 9.18 Å². The summed E-state index contributed by atoms with van der Waals surface area (Å²) in [7, 11) is 0. The number of nitrogens with zero attached hydrogens (tertiary/aromatic N) is 1. The van der Waals surface area contributed by atoms with Crippen molar-refractivity contribution >= 4 is 57.6 Å². The monoisotopic (exact) mass is 378 g/mol. The van der Waals surface area contributed by atoms with Crippen LogP contribution in [0.4, 0.5) is 10.1 Å². The summed E-state index contributed by atoms with van der Waals surface area (Å²) in [5, 5.41) is 3.70. The Morgan fingerprint density at radius 2 is 2.04 bits per heavy atom. The molecule has 0 unspecified atom stereocenters. The SMILES string of the molecule is O=C1C(=Cc2ccccc2F)SC(=S)N1CNc1cccc(Cl)c1. The Morgan fingerprint density at radius 3 is 2.79 bits per heavy atom. The molecule has 2 aromatic rings. The lowest BCUT2D eigenvalue weighted by Crippen LogP contribution is -2.33. The van der Waals surface area contributed by atoms with Crippen LogP contribution in [0.1, 0.15) is 5.56 Å². The second-order valence-electron chi connectivity index (χ2n) is 4.98. The Balaban J connectivity index is 1.73. The van der Waals surface area contributed by atoms with Gasteiger partial charge in [-0.25, -0.2) is 4.39 Å². The van der Waals surface area contributed by atoms with Crippen LogP contribution < -0.4 is 5.32 Å². The summed E-state index contributed by atoms with van der Waals surface area (Å²) in [4.78, 5) is 14.3. The highest BCUT2D eigenvalue weighted by Crippen LogP contribution is 2.32. The largest absolute Gasteiger partial charge is 0.367 e. The fraction of sp³-hybridized carbons (Fsp3) is 0.0588. The van der Waals surface area contributed by atoms with Crippen LogP contribution in [0.15, 0.2) is 53.4 Å². The molecule has 1 amide bonds. The molecule has 0 spiro atoms. The zero-order chi connectivity index (χ0) is 17.1. The van der Waals surface area contributed by atoms with Gasteiger partial charge in [-0.15, -0.1) is 0 Å². The highest BCUT2D eigenvalue weighted by atomic mass is 35.5. The van der Waals surface area contributed by atoms with E-state index in [2.05, 4.69) is 5.32 Å². The molecule has 1 fully saturated rings. The lowest BCUT2D eigenvalue weighted by Gasteiger charge is -2.16. The number of nitrogens with one attached hydrogen (secondary N) is 1. The van der Waals surface area contributed by atoms with Crippen molar-refractivity contribution in [3.8, 4) is 0 Å². The highest BCUT2D eigenvalue weighted by Gasteiger charge is 2.31. The first-order chi connectivity index (χ1) is 11.5. The summed E-state index contributed by atoms with van der Waals surface area (Å²) < 4.78 is 14.2. The molecule has 1 aliphatic heterocycles. The van der Waals surface area contributed by atoms with Crippen LogP contribution in [-0.4, -0.2) is 21.8 Å². The van der Waals surface area contributed by atoms with E-state index in [1.165, 1.54) is 17.0 Å². The quantitative estimate of drug-likeness (QED) is 0.614. The van der Waals surface area contributed by atoms with Crippen molar-refractivity contribution in [2.45, 2.75) is 0 Å². The Morgan fingerprint density at radius 1 is 1.25 bits per heavy atom. The Bertz CT molecular complexity index is 841. The lowest BCUT2D eigenvalue weighted by molar-refractivity contribution is -0.121. The topological polar surface area (TPSA) is 32.3 Å². The van der Waals surface area contributed by atoms with Gasteiger partial charge in [-0.05, 0) is 30.3 Å². The van der Waals surface area contributed by atoms with Gasteiger partial charge < -0.3 is 5.32 Å². The van der Waals surface area contributed by atoms with Crippen molar-refractivity contribution in [1.82, 2.24) is 4.90 Å². The fourth-order valence-corrected chi connectivity index (χ4v) is 3.57.